The van der Waals surface area contributed by atoms with Gasteiger partial charge < -0.3 is 4.90 Å². The van der Waals surface area contributed by atoms with Crippen molar-refractivity contribution in [2.75, 3.05) is 5.75 Å². The van der Waals surface area contributed by atoms with Crippen molar-refractivity contribution in [3.05, 3.63) is 70.5 Å². The first kappa shape index (κ1) is 21.1. The van der Waals surface area contributed by atoms with Gasteiger partial charge in [0.15, 0.2) is 5.16 Å². The summed E-state index contributed by atoms with van der Waals surface area (Å²) in [5.41, 5.74) is 1.38. The molecule has 8 heteroatoms. The van der Waals surface area contributed by atoms with Crippen molar-refractivity contribution in [3.63, 3.8) is 0 Å². The van der Waals surface area contributed by atoms with E-state index >= 15 is 0 Å². The first-order chi connectivity index (χ1) is 14.8. The lowest BCUT2D eigenvalue weighted by Crippen LogP contribution is -2.45. The summed E-state index contributed by atoms with van der Waals surface area (Å²) in [4.78, 5) is 27.7. The molecular weight excluding hydrogens is 410 g/mol. The fraction of sp³-hybridized carbons (Fsp3) is 0.304. The molecular formula is C23H25N5O2S. The van der Waals surface area contributed by atoms with Crippen molar-refractivity contribution in [1.29, 1.82) is 0 Å². The van der Waals surface area contributed by atoms with Crippen LogP contribution < -0.4 is 5.56 Å². The first-order valence-corrected chi connectivity index (χ1v) is 11.1. The number of nitrogens with zero attached hydrogens (tertiary/aromatic N) is 5. The van der Waals surface area contributed by atoms with Crippen LogP contribution in [0.1, 0.15) is 26.3 Å². The van der Waals surface area contributed by atoms with Crippen molar-refractivity contribution < 1.29 is 4.79 Å². The van der Waals surface area contributed by atoms with Crippen LogP contribution in [-0.2, 0) is 18.4 Å². The highest BCUT2D eigenvalue weighted by molar-refractivity contribution is 7.99. The number of benzene rings is 2. The fourth-order valence-electron chi connectivity index (χ4n) is 3.57. The molecule has 4 aromatic rings. The van der Waals surface area contributed by atoms with Crippen LogP contribution in [0.5, 0.6) is 0 Å². The van der Waals surface area contributed by atoms with Gasteiger partial charge in [-0.2, -0.15) is 0 Å². The lowest BCUT2D eigenvalue weighted by molar-refractivity contribution is -0.133. The number of thioether (sulfide) groups is 1. The van der Waals surface area contributed by atoms with Gasteiger partial charge in [0.25, 0.3) is 5.56 Å². The summed E-state index contributed by atoms with van der Waals surface area (Å²) < 4.78 is 3.32. The molecule has 0 atom stereocenters. The van der Waals surface area contributed by atoms with Crippen LogP contribution >= 0.6 is 11.8 Å². The van der Waals surface area contributed by atoms with Crippen molar-refractivity contribution in [3.8, 4) is 0 Å². The second-order valence-electron chi connectivity index (χ2n) is 8.42. The van der Waals surface area contributed by atoms with E-state index in [1.807, 2.05) is 78.6 Å². The van der Waals surface area contributed by atoms with Gasteiger partial charge in [-0.05, 0) is 38.5 Å². The summed E-state index contributed by atoms with van der Waals surface area (Å²) >= 11 is 1.33. The lowest BCUT2D eigenvalue weighted by atomic mass is 10.0. The monoisotopic (exact) mass is 435 g/mol. The number of rotatable bonds is 5. The van der Waals surface area contributed by atoms with E-state index < -0.39 is 0 Å². The minimum atomic E-state index is -0.322. The Morgan fingerprint density at radius 3 is 2.42 bits per heavy atom. The minimum absolute atomic E-state index is 0.0206. The van der Waals surface area contributed by atoms with Crippen molar-refractivity contribution in [1.82, 2.24) is 24.1 Å². The average Bonchev–Trinajstić information content (AvgIpc) is 3.18. The van der Waals surface area contributed by atoms with Crippen LogP contribution in [0.4, 0.5) is 0 Å². The van der Waals surface area contributed by atoms with E-state index in [9.17, 15) is 9.59 Å². The zero-order chi connectivity index (χ0) is 22.2. The molecule has 0 fully saturated rings. The van der Waals surface area contributed by atoms with Crippen LogP contribution in [0, 0.1) is 0 Å². The fourth-order valence-corrected chi connectivity index (χ4v) is 4.39. The van der Waals surface area contributed by atoms with Crippen LogP contribution in [0.25, 0.3) is 16.7 Å². The van der Waals surface area contributed by atoms with Crippen LogP contribution in [0.2, 0.25) is 0 Å². The summed E-state index contributed by atoms with van der Waals surface area (Å²) in [6.07, 6.45) is 0. The number of aromatic nitrogens is 4. The molecule has 0 spiro atoms. The van der Waals surface area contributed by atoms with Crippen molar-refractivity contribution in [2.24, 2.45) is 7.05 Å². The molecule has 1 amide bonds. The Balaban J connectivity index is 1.64. The predicted molar refractivity (Wildman–Crippen MR) is 123 cm³/mol. The summed E-state index contributed by atoms with van der Waals surface area (Å²) in [5, 5.41) is 9.64. The van der Waals surface area contributed by atoms with E-state index in [2.05, 4.69) is 10.2 Å². The van der Waals surface area contributed by atoms with E-state index in [4.69, 9.17) is 0 Å². The molecule has 0 saturated heterocycles. The minimum Gasteiger partial charge on any atom is -0.333 e. The van der Waals surface area contributed by atoms with Crippen LogP contribution in [0.15, 0.2) is 64.5 Å². The number of fused-ring (bicyclic) bond motifs is 3. The van der Waals surface area contributed by atoms with Crippen molar-refractivity contribution >= 4 is 34.3 Å². The molecule has 2 aromatic carbocycles. The van der Waals surface area contributed by atoms with Gasteiger partial charge >= 0.3 is 0 Å². The zero-order valence-corrected chi connectivity index (χ0v) is 18.9. The lowest BCUT2D eigenvalue weighted by Gasteiger charge is -2.36. The van der Waals surface area contributed by atoms with Gasteiger partial charge in [-0.15, -0.1) is 10.2 Å². The number of carbonyl (C=O) groups excluding carboxylic acids is 1. The van der Waals surface area contributed by atoms with Crippen molar-refractivity contribution in [2.45, 2.75) is 38.0 Å². The Morgan fingerprint density at radius 1 is 1.03 bits per heavy atom. The Morgan fingerprint density at radius 2 is 1.71 bits per heavy atom. The van der Waals surface area contributed by atoms with Crippen LogP contribution in [-0.4, -0.2) is 41.3 Å². The molecule has 0 bridgehead atoms. The van der Waals surface area contributed by atoms with Gasteiger partial charge in [0.2, 0.25) is 11.7 Å². The summed E-state index contributed by atoms with van der Waals surface area (Å²) in [6, 6.07) is 17.4. The third-order valence-electron chi connectivity index (χ3n) is 5.22. The standard InChI is InChI=1S/C23H25N5O2S/c1-23(2,3)27(14-16-10-6-5-7-11-16)19(29)15-31-22-25-24-21-26(4)20(30)17-12-8-9-13-18(17)28(21)22/h5-13H,14-15H2,1-4H3. The maximum absolute atomic E-state index is 13.2. The predicted octanol–water partition coefficient (Wildman–Crippen LogP) is 3.50. The SMILES string of the molecule is Cn1c(=O)c2ccccc2n2c(SCC(=O)N(Cc3ccccc3)C(C)(C)C)nnc12. The Hall–Kier alpha value is -3.13. The maximum atomic E-state index is 13.2. The van der Waals surface area contributed by atoms with Crippen LogP contribution in [0.3, 0.4) is 0 Å². The third-order valence-corrected chi connectivity index (χ3v) is 6.13. The molecule has 0 aliphatic rings. The second kappa shape index (κ2) is 8.19. The number of amides is 1. The second-order valence-corrected chi connectivity index (χ2v) is 9.37. The molecule has 0 N–H and O–H groups in total. The highest BCUT2D eigenvalue weighted by Crippen LogP contribution is 2.24. The van der Waals surface area contributed by atoms with Gasteiger partial charge in [-0.25, -0.2) is 0 Å². The normalized spacial score (nSPS) is 11.9. The summed E-state index contributed by atoms with van der Waals surface area (Å²) in [5.74, 6) is 0.699. The number of aryl methyl sites for hydroxylation is 1. The maximum Gasteiger partial charge on any atom is 0.262 e. The molecule has 0 aliphatic heterocycles. The van der Waals surface area contributed by atoms with Gasteiger partial charge in [-0.3, -0.25) is 18.6 Å². The topological polar surface area (TPSA) is 72.5 Å². The smallest absolute Gasteiger partial charge is 0.262 e. The molecule has 160 valence electrons. The molecule has 7 nitrogen and oxygen atoms in total. The molecule has 2 heterocycles. The largest absolute Gasteiger partial charge is 0.333 e. The van der Waals surface area contributed by atoms with Gasteiger partial charge in [-0.1, -0.05) is 54.2 Å². The highest BCUT2D eigenvalue weighted by Gasteiger charge is 2.27. The number of hydrogen-bond donors (Lipinski definition) is 0. The molecule has 2 aromatic heterocycles. The number of carbonyl (C=O) groups is 1. The van der Waals surface area contributed by atoms with E-state index in [0.29, 0.717) is 22.9 Å². The Labute approximate surface area is 184 Å². The zero-order valence-electron chi connectivity index (χ0n) is 18.1. The van der Waals surface area contributed by atoms with E-state index in [1.165, 1.54) is 16.3 Å². The van der Waals surface area contributed by atoms with Gasteiger partial charge in [0, 0.05) is 19.1 Å². The summed E-state index contributed by atoms with van der Waals surface area (Å²) in [7, 11) is 1.68. The Kier molecular flexibility index (Phi) is 5.58. The number of hydrogen-bond acceptors (Lipinski definition) is 5. The number of para-hydroxylation sites is 1. The van der Waals surface area contributed by atoms with E-state index in [0.717, 1.165) is 11.1 Å². The summed E-state index contributed by atoms with van der Waals surface area (Å²) in [6.45, 7) is 6.65. The molecule has 4 rings (SSSR count). The van der Waals surface area contributed by atoms with E-state index in [-0.39, 0.29) is 22.8 Å². The third kappa shape index (κ3) is 4.07. The Bertz CT molecular complexity index is 1300. The molecule has 0 aliphatic carbocycles. The molecule has 0 radical (unpaired) electrons. The quantitative estimate of drug-likeness (QED) is 0.449. The van der Waals surface area contributed by atoms with Gasteiger partial charge in [0.05, 0.1) is 16.7 Å². The van der Waals surface area contributed by atoms with E-state index in [1.54, 1.807) is 13.1 Å². The first-order valence-electron chi connectivity index (χ1n) is 10.1. The molecule has 0 saturated carbocycles. The average molecular weight is 436 g/mol. The molecule has 0 unspecified atom stereocenters. The van der Waals surface area contributed by atoms with Gasteiger partial charge in [0.1, 0.15) is 0 Å². The molecule has 31 heavy (non-hydrogen) atoms. The highest BCUT2D eigenvalue weighted by atomic mass is 32.2.